The molecule has 1 N–H and O–H groups in total. The van der Waals surface area contributed by atoms with Crippen molar-refractivity contribution in [3.63, 3.8) is 0 Å². The third kappa shape index (κ3) is 2.86. The van der Waals surface area contributed by atoms with Gasteiger partial charge in [-0.05, 0) is 25.3 Å². The van der Waals surface area contributed by atoms with Crippen molar-refractivity contribution >= 4 is 18.1 Å². The van der Waals surface area contributed by atoms with Crippen molar-refractivity contribution in [2.45, 2.75) is 33.2 Å². The molecule has 2 atom stereocenters. The molecule has 1 fully saturated rings. The van der Waals surface area contributed by atoms with E-state index in [-0.39, 0.29) is 23.6 Å². The Bertz CT molecular complexity index is 711. The number of carbonyl (C=O) groups is 1. The molecule has 5 nitrogen and oxygen atoms in total. The second kappa shape index (κ2) is 6.16. The van der Waals surface area contributed by atoms with Gasteiger partial charge in [0.2, 0.25) is 5.91 Å². The summed E-state index contributed by atoms with van der Waals surface area (Å²) in [4.78, 5) is 28.5. The number of H-pyrrole nitrogens is 1. The monoisotopic (exact) mass is 289 g/mol. The van der Waals surface area contributed by atoms with Gasteiger partial charge < -0.3 is 9.88 Å². The zero-order valence-electron chi connectivity index (χ0n) is 12.9. The van der Waals surface area contributed by atoms with Gasteiger partial charge in [0.05, 0.1) is 10.7 Å². The van der Waals surface area contributed by atoms with Crippen LogP contribution in [0.15, 0.2) is 17.4 Å². The number of hydrogen-bond donors (Lipinski definition) is 1. The molecule has 0 saturated carbocycles. The fourth-order valence-corrected chi connectivity index (χ4v) is 3.15. The number of aromatic nitrogens is 2. The highest BCUT2D eigenvalue weighted by Gasteiger charge is 2.29. The highest BCUT2D eigenvalue weighted by atomic mass is 16.2. The molecule has 0 aromatic carbocycles. The molecule has 114 valence electrons. The molecule has 1 aliphatic rings. The summed E-state index contributed by atoms with van der Waals surface area (Å²) in [5.74, 6) is 0.344. The van der Waals surface area contributed by atoms with Crippen molar-refractivity contribution in [2.75, 3.05) is 13.1 Å². The molecule has 1 amide bonds. The van der Waals surface area contributed by atoms with Crippen LogP contribution in [0, 0.1) is 5.92 Å². The van der Waals surface area contributed by atoms with E-state index < -0.39 is 0 Å². The van der Waals surface area contributed by atoms with Crippen molar-refractivity contribution in [1.29, 1.82) is 0 Å². The Morgan fingerprint density at radius 3 is 2.71 bits per heavy atom. The molecular formula is C16H23N3O2. The maximum absolute atomic E-state index is 12.3. The standard InChI is InChI=1S/C16H23N3O2/c1-5-7-13-14(6-2)19(16(21)17-13)15-8-9-18(12(4)20)10-11(15)3/h5-7,11,15H,1,8-10H2,2-4H3,(H,17,21)/b13-7+,14-6+/t11-,15?/m0/s1. The lowest BCUT2D eigenvalue weighted by molar-refractivity contribution is -0.131. The summed E-state index contributed by atoms with van der Waals surface area (Å²) < 4.78 is 1.83. The van der Waals surface area contributed by atoms with Crippen LogP contribution in [-0.4, -0.2) is 33.4 Å². The van der Waals surface area contributed by atoms with Gasteiger partial charge in [0, 0.05) is 26.1 Å². The van der Waals surface area contributed by atoms with Gasteiger partial charge in [-0.3, -0.25) is 9.36 Å². The number of amides is 1. The summed E-state index contributed by atoms with van der Waals surface area (Å²) in [5.41, 5.74) is -0.0932. The van der Waals surface area contributed by atoms with Crippen molar-refractivity contribution in [2.24, 2.45) is 5.92 Å². The predicted octanol–water partition coefficient (Wildman–Crippen LogP) is 0.373. The predicted molar refractivity (Wildman–Crippen MR) is 84.2 cm³/mol. The van der Waals surface area contributed by atoms with E-state index in [0.29, 0.717) is 13.1 Å². The molecule has 1 aromatic heterocycles. The molecule has 5 heteroatoms. The molecule has 1 aliphatic heterocycles. The quantitative estimate of drug-likeness (QED) is 0.855. The Hall–Kier alpha value is -2.04. The number of nitrogens with one attached hydrogen (secondary N) is 1. The number of aromatic amines is 1. The lowest BCUT2D eigenvalue weighted by Crippen LogP contribution is -2.47. The van der Waals surface area contributed by atoms with Crippen LogP contribution in [0.2, 0.25) is 0 Å². The van der Waals surface area contributed by atoms with Gasteiger partial charge >= 0.3 is 5.69 Å². The number of rotatable bonds is 2. The van der Waals surface area contributed by atoms with Crippen LogP contribution in [0.25, 0.3) is 12.2 Å². The summed E-state index contributed by atoms with van der Waals surface area (Å²) in [6.45, 7) is 10.7. The summed E-state index contributed by atoms with van der Waals surface area (Å²) in [6.07, 6.45) is 6.22. The maximum Gasteiger partial charge on any atom is 0.326 e. The summed E-state index contributed by atoms with van der Waals surface area (Å²) in [7, 11) is 0. The molecular weight excluding hydrogens is 266 g/mol. The van der Waals surface area contributed by atoms with E-state index in [1.165, 1.54) is 0 Å². The third-order valence-electron chi connectivity index (χ3n) is 4.19. The minimum absolute atomic E-state index is 0.0932. The van der Waals surface area contributed by atoms with Gasteiger partial charge in [-0.1, -0.05) is 25.7 Å². The molecule has 0 radical (unpaired) electrons. The maximum atomic E-state index is 12.3. The van der Waals surface area contributed by atoms with Crippen molar-refractivity contribution in [3.8, 4) is 0 Å². The van der Waals surface area contributed by atoms with E-state index >= 15 is 0 Å². The average molecular weight is 289 g/mol. The largest absolute Gasteiger partial charge is 0.343 e. The number of nitrogens with zero attached hydrogens (tertiary/aromatic N) is 2. The first-order valence-corrected chi connectivity index (χ1v) is 7.34. The number of carbonyl (C=O) groups excluding carboxylic acids is 1. The van der Waals surface area contributed by atoms with Gasteiger partial charge in [0.25, 0.3) is 0 Å². The van der Waals surface area contributed by atoms with Gasteiger partial charge in [0.15, 0.2) is 0 Å². The SMILES string of the molecule is C=C/C=c1/[nH]c(=O)n(C2CCN(C(C)=O)C[C@@H]2C)/c1=C/C. The lowest BCUT2D eigenvalue weighted by atomic mass is 9.93. The zero-order valence-corrected chi connectivity index (χ0v) is 12.9. The first-order chi connectivity index (χ1) is 9.99. The third-order valence-corrected chi connectivity index (χ3v) is 4.19. The van der Waals surface area contributed by atoms with Crippen LogP contribution in [0.4, 0.5) is 0 Å². The zero-order chi connectivity index (χ0) is 15.6. The van der Waals surface area contributed by atoms with Crippen molar-refractivity contribution in [3.05, 3.63) is 33.8 Å². The molecule has 21 heavy (non-hydrogen) atoms. The summed E-state index contributed by atoms with van der Waals surface area (Å²) in [6, 6.07) is 0.113. The number of likely N-dealkylation sites (tertiary alicyclic amines) is 1. The van der Waals surface area contributed by atoms with Crippen LogP contribution in [0.3, 0.4) is 0 Å². The van der Waals surface area contributed by atoms with E-state index in [9.17, 15) is 9.59 Å². The number of imidazole rings is 1. The van der Waals surface area contributed by atoms with Crippen LogP contribution < -0.4 is 16.4 Å². The minimum atomic E-state index is -0.0932. The molecule has 2 heterocycles. The highest BCUT2D eigenvalue weighted by molar-refractivity contribution is 5.73. The molecule has 0 bridgehead atoms. The van der Waals surface area contributed by atoms with Gasteiger partial charge in [-0.15, -0.1) is 0 Å². The van der Waals surface area contributed by atoms with Crippen molar-refractivity contribution in [1.82, 2.24) is 14.5 Å². The Kier molecular flexibility index (Phi) is 4.50. The minimum Gasteiger partial charge on any atom is -0.343 e. The second-order valence-electron chi connectivity index (χ2n) is 5.59. The van der Waals surface area contributed by atoms with E-state index in [1.54, 1.807) is 13.0 Å². The highest BCUT2D eigenvalue weighted by Crippen LogP contribution is 2.25. The summed E-state index contributed by atoms with van der Waals surface area (Å²) >= 11 is 0. The number of hydrogen-bond acceptors (Lipinski definition) is 2. The van der Waals surface area contributed by atoms with Gasteiger partial charge in [-0.25, -0.2) is 4.79 Å². The van der Waals surface area contributed by atoms with Crippen LogP contribution in [0.5, 0.6) is 0 Å². The summed E-state index contributed by atoms with van der Waals surface area (Å²) in [5, 5.41) is 1.69. The molecule has 1 saturated heterocycles. The molecule has 1 aromatic rings. The van der Waals surface area contributed by atoms with Crippen LogP contribution in [-0.2, 0) is 4.79 Å². The molecule has 0 spiro atoms. The van der Waals surface area contributed by atoms with Gasteiger partial charge in [0.1, 0.15) is 0 Å². The Labute approximate surface area is 124 Å². The fraction of sp³-hybridized carbons (Fsp3) is 0.500. The van der Waals surface area contributed by atoms with Crippen LogP contribution >= 0.6 is 0 Å². The Balaban J connectivity index is 2.45. The van der Waals surface area contributed by atoms with Crippen LogP contribution in [0.1, 0.15) is 33.2 Å². The smallest absolute Gasteiger partial charge is 0.326 e. The van der Waals surface area contributed by atoms with E-state index in [2.05, 4.69) is 18.5 Å². The molecule has 1 unspecified atom stereocenters. The van der Waals surface area contributed by atoms with Gasteiger partial charge in [-0.2, -0.15) is 0 Å². The molecule has 0 aliphatic carbocycles. The normalized spacial score (nSPS) is 24.4. The fourth-order valence-electron chi connectivity index (χ4n) is 3.15. The number of allylic oxidation sites excluding steroid dienone is 1. The first kappa shape index (κ1) is 15.4. The topological polar surface area (TPSA) is 58.1 Å². The lowest BCUT2D eigenvalue weighted by Gasteiger charge is -2.36. The first-order valence-electron chi connectivity index (χ1n) is 7.34. The second-order valence-corrected chi connectivity index (χ2v) is 5.59. The van der Waals surface area contributed by atoms with E-state index in [4.69, 9.17) is 0 Å². The van der Waals surface area contributed by atoms with E-state index in [1.807, 2.05) is 28.5 Å². The van der Waals surface area contributed by atoms with E-state index in [0.717, 1.165) is 17.1 Å². The molecule has 2 rings (SSSR count). The average Bonchev–Trinajstić information content (AvgIpc) is 2.74. The Morgan fingerprint density at radius 1 is 1.48 bits per heavy atom. The Morgan fingerprint density at radius 2 is 2.19 bits per heavy atom. The van der Waals surface area contributed by atoms with Crippen molar-refractivity contribution < 1.29 is 4.79 Å². The number of piperidine rings is 1.